The molecular formula is C10H13ClN4O3. The van der Waals surface area contributed by atoms with Crippen LogP contribution in [0.25, 0.3) is 0 Å². The van der Waals surface area contributed by atoms with Gasteiger partial charge in [-0.2, -0.15) is 0 Å². The number of anilines is 1. The van der Waals surface area contributed by atoms with Gasteiger partial charge in [-0.05, 0) is 13.8 Å². The van der Waals surface area contributed by atoms with E-state index in [1.54, 1.807) is 0 Å². The summed E-state index contributed by atoms with van der Waals surface area (Å²) in [5.41, 5.74) is -0.250. The van der Waals surface area contributed by atoms with Crippen molar-refractivity contribution in [1.82, 2.24) is 9.97 Å². The van der Waals surface area contributed by atoms with Gasteiger partial charge in [0.25, 0.3) is 0 Å². The summed E-state index contributed by atoms with van der Waals surface area (Å²) in [5, 5.41) is 10.9. The molecular weight excluding hydrogens is 260 g/mol. The Hall–Kier alpha value is -1.47. The second kappa shape index (κ2) is 5.03. The first-order valence-electron chi connectivity index (χ1n) is 5.54. The lowest BCUT2D eigenvalue weighted by atomic mass is 10.2. The molecule has 0 aromatic carbocycles. The number of nitro groups is 1. The van der Waals surface area contributed by atoms with Crippen molar-refractivity contribution in [3.63, 3.8) is 0 Å². The average molecular weight is 273 g/mol. The van der Waals surface area contributed by atoms with Crippen molar-refractivity contribution in [2.24, 2.45) is 0 Å². The van der Waals surface area contributed by atoms with Crippen LogP contribution in [0.2, 0.25) is 5.15 Å². The standard InChI is InChI=1S/C10H13ClN4O3/c1-6-3-14(4-7(2)18-6)10-8(15(16)17)9(11)12-5-13-10/h5-7H,3-4H2,1-2H3. The summed E-state index contributed by atoms with van der Waals surface area (Å²) in [4.78, 5) is 19.9. The molecule has 0 amide bonds. The Bertz CT molecular complexity index is 460. The molecule has 7 nitrogen and oxygen atoms in total. The number of ether oxygens (including phenoxy) is 1. The molecule has 0 saturated carbocycles. The molecule has 1 aromatic heterocycles. The van der Waals surface area contributed by atoms with Crippen molar-refractivity contribution in [3.8, 4) is 0 Å². The summed E-state index contributed by atoms with van der Waals surface area (Å²) in [5.74, 6) is 0.252. The Morgan fingerprint density at radius 1 is 1.44 bits per heavy atom. The monoisotopic (exact) mass is 272 g/mol. The zero-order valence-corrected chi connectivity index (χ0v) is 10.8. The molecule has 2 rings (SSSR count). The zero-order chi connectivity index (χ0) is 13.3. The van der Waals surface area contributed by atoms with Crippen molar-refractivity contribution < 1.29 is 9.66 Å². The highest BCUT2D eigenvalue weighted by molar-refractivity contribution is 6.31. The van der Waals surface area contributed by atoms with E-state index in [1.807, 2.05) is 18.7 Å². The van der Waals surface area contributed by atoms with Gasteiger partial charge in [-0.25, -0.2) is 9.97 Å². The van der Waals surface area contributed by atoms with Crippen LogP contribution in [0.3, 0.4) is 0 Å². The highest BCUT2D eigenvalue weighted by atomic mass is 35.5. The lowest BCUT2D eigenvalue weighted by Crippen LogP contribution is -2.46. The van der Waals surface area contributed by atoms with Gasteiger partial charge >= 0.3 is 5.69 Å². The number of nitrogens with zero attached hydrogens (tertiary/aromatic N) is 4. The Morgan fingerprint density at radius 3 is 2.61 bits per heavy atom. The van der Waals surface area contributed by atoms with Crippen LogP contribution in [0.1, 0.15) is 13.8 Å². The van der Waals surface area contributed by atoms with E-state index < -0.39 is 4.92 Å². The van der Waals surface area contributed by atoms with Gasteiger partial charge in [-0.15, -0.1) is 0 Å². The molecule has 1 saturated heterocycles. The Kier molecular flexibility index (Phi) is 3.63. The summed E-state index contributed by atoms with van der Waals surface area (Å²) < 4.78 is 5.58. The summed E-state index contributed by atoms with van der Waals surface area (Å²) >= 11 is 5.77. The molecule has 0 N–H and O–H groups in total. The smallest absolute Gasteiger partial charge is 0.348 e. The van der Waals surface area contributed by atoms with Gasteiger partial charge in [0.1, 0.15) is 6.33 Å². The molecule has 1 aliphatic heterocycles. The van der Waals surface area contributed by atoms with Gasteiger partial charge in [-0.1, -0.05) is 11.6 Å². The Morgan fingerprint density at radius 2 is 2.06 bits per heavy atom. The second-order valence-electron chi connectivity index (χ2n) is 4.26. The Labute approximate surface area is 109 Å². The maximum Gasteiger partial charge on any atom is 0.348 e. The predicted molar refractivity (Wildman–Crippen MR) is 65.9 cm³/mol. The van der Waals surface area contributed by atoms with Crippen molar-refractivity contribution >= 4 is 23.1 Å². The van der Waals surface area contributed by atoms with Gasteiger partial charge in [0, 0.05) is 13.1 Å². The molecule has 2 atom stereocenters. The first kappa shape index (κ1) is 13.0. The van der Waals surface area contributed by atoms with Crippen LogP contribution in [0, 0.1) is 10.1 Å². The van der Waals surface area contributed by atoms with Gasteiger partial charge in [0.15, 0.2) is 0 Å². The average Bonchev–Trinajstić information content (AvgIpc) is 2.26. The fourth-order valence-corrected chi connectivity index (χ4v) is 2.29. The van der Waals surface area contributed by atoms with E-state index in [0.717, 1.165) is 0 Å². The Balaban J connectivity index is 2.38. The molecule has 0 radical (unpaired) electrons. The van der Waals surface area contributed by atoms with Gasteiger partial charge < -0.3 is 9.64 Å². The van der Waals surface area contributed by atoms with Crippen LogP contribution in [-0.2, 0) is 4.74 Å². The summed E-state index contributed by atoms with van der Waals surface area (Å²) in [6.45, 7) is 4.91. The van der Waals surface area contributed by atoms with E-state index in [1.165, 1.54) is 6.33 Å². The lowest BCUT2D eigenvalue weighted by Gasteiger charge is -2.35. The van der Waals surface area contributed by atoms with E-state index in [9.17, 15) is 10.1 Å². The largest absolute Gasteiger partial charge is 0.372 e. The van der Waals surface area contributed by atoms with Crippen molar-refractivity contribution in [1.29, 1.82) is 0 Å². The summed E-state index contributed by atoms with van der Waals surface area (Å²) in [7, 11) is 0. The first-order chi connectivity index (χ1) is 8.49. The summed E-state index contributed by atoms with van der Waals surface area (Å²) in [6.07, 6.45) is 1.21. The van der Waals surface area contributed by atoms with Crippen LogP contribution in [0.4, 0.5) is 11.5 Å². The molecule has 1 fully saturated rings. The third-order valence-corrected chi connectivity index (χ3v) is 2.94. The van der Waals surface area contributed by atoms with Gasteiger partial charge in [-0.3, -0.25) is 10.1 Å². The van der Waals surface area contributed by atoms with Crippen LogP contribution in [0.5, 0.6) is 0 Å². The number of hydrogen-bond acceptors (Lipinski definition) is 6. The molecule has 98 valence electrons. The fraction of sp³-hybridized carbons (Fsp3) is 0.600. The molecule has 1 aliphatic rings. The van der Waals surface area contributed by atoms with Crippen LogP contribution in [0.15, 0.2) is 6.33 Å². The third kappa shape index (κ3) is 2.51. The zero-order valence-electron chi connectivity index (χ0n) is 10.0. The topological polar surface area (TPSA) is 81.4 Å². The molecule has 8 heteroatoms. The number of rotatable bonds is 2. The minimum atomic E-state index is -0.553. The molecule has 1 aromatic rings. The summed E-state index contributed by atoms with van der Waals surface area (Å²) in [6, 6.07) is 0. The molecule has 0 aliphatic carbocycles. The van der Waals surface area contributed by atoms with Crippen LogP contribution in [-0.4, -0.2) is 40.2 Å². The third-order valence-electron chi connectivity index (χ3n) is 2.66. The number of halogens is 1. The lowest BCUT2D eigenvalue weighted by molar-refractivity contribution is -0.384. The van der Waals surface area contributed by atoms with E-state index in [0.29, 0.717) is 13.1 Å². The second-order valence-corrected chi connectivity index (χ2v) is 4.61. The maximum absolute atomic E-state index is 11.0. The predicted octanol–water partition coefficient (Wildman–Crippen LogP) is 1.65. The minimum absolute atomic E-state index is 0.0119. The van der Waals surface area contributed by atoms with Crippen LogP contribution >= 0.6 is 11.6 Å². The van der Waals surface area contributed by atoms with Crippen LogP contribution < -0.4 is 4.90 Å². The minimum Gasteiger partial charge on any atom is -0.372 e. The number of aromatic nitrogens is 2. The molecule has 0 spiro atoms. The molecule has 0 bridgehead atoms. The molecule has 18 heavy (non-hydrogen) atoms. The van der Waals surface area contributed by atoms with Crippen molar-refractivity contribution in [2.45, 2.75) is 26.1 Å². The highest BCUT2D eigenvalue weighted by Gasteiger charge is 2.30. The first-order valence-corrected chi connectivity index (χ1v) is 5.92. The van der Waals surface area contributed by atoms with E-state index in [4.69, 9.17) is 16.3 Å². The van der Waals surface area contributed by atoms with Crippen molar-refractivity contribution in [2.75, 3.05) is 18.0 Å². The van der Waals surface area contributed by atoms with E-state index >= 15 is 0 Å². The van der Waals surface area contributed by atoms with E-state index in [2.05, 4.69) is 9.97 Å². The SMILES string of the molecule is CC1CN(c2ncnc(Cl)c2[N+](=O)[O-])CC(C)O1. The number of morpholine rings is 1. The highest BCUT2D eigenvalue weighted by Crippen LogP contribution is 2.32. The molecule has 2 unspecified atom stereocenters. The normalized spacial score (nSPS) is 24.1. The quantitative estimate of drug-likeness (QED) is 0.463. The number of hydrogen-bond donors (Lipinski definition) is 0. The maximum atomic E-state index is 11.0. The van der Waals surface area contributed by atoms with Gasteiger partial charge in [0.2, 0.25) is 11.0 Å². The van der Waals surface area contributed by atoms with Crippen molar-refractivity contribution in [3.05, 3.63) is 21.6 Å². The van der Waals surface area contributed by atoms with E-state index in [-0.39, 0.29) is 28.9 Å². The fourth-order valence-electron chi connectivity index (χ4n) is 2.09. The van der Waals surface area contributed by atoms with Gasteiger partial charge in [0.05, 0.1) is 17.1 Å². The molecule has 2 heterocycles.